The summed E-state index contributed by atoms with van der Waals surface area (Å²) in [5.41, 5.74) is 0. The third-order valence-corrected chi connectivity index (χ3v) is 5.71. The van der Waals surface area contributed by atoms with Gasteiger partial charge in [-0.3, -0.25) is 0 Å². The van der Waals surface area contributed by atoms with Crippen LogP contribution < -0.4 is 0 Å². The zero-order valence-corrected chi connectivity index (χ0v) is 19.5. The van der Waals surface area contributed by atoms with Gasteiger partial charge in [-0.25, -0.2) is 0 Å². The van der Waals surface area contributed by atoms with Gasteiger partial charge in [-0.1, -0.05) is 0 Å². The van der Waals surface area contributed by atoms with Crippen LogP contribution in [-0.2, 0) is 28.4 Å². The molecule has 0 saturated carbocycles. The molecule has 0 aliphatic heterocycles. The highest BCUT2D eigenvalue weighted by Gasteiger charge is 2.56. The Bertz CT molecular complexity index is 266. The normalized spacial score (nSPS) is 16.4. The summed E-state index contributed by atoms with van der Waals surface area (Å²) in [5.74, 6) is -2.29. The van der Waals surface area contributed by atoms with Crippen LogP contribution in [0.5, 0.6) is 0 Å². The molecular formula is C13H33NO6Si2. The van der Waals surface area contributed by atoms with Crippen LogP contribution in [0.2, 0.25) is 12.1 Å². The molecule has 9 heteroatoms. The Kier molecular flexibility index (Phi) is 10.2. The van der Waals surface area contributed by atoms with Crippen molar-refractivity contribution in [3.63, 3.8) is 0 Å². The zero-order valence-electron chi connectivity index (χ0n) is 15.5. The van der Waals surface area contributed by atoms with E-state index >= 15 is 0 Å². The molecule has 0 aromatic carbocycles. The number of ether oxygens (including phenoxy) is 6. The Balaban J connectivity index is 5.98. The minimum atomic E-state index is -1.14. The van der Waals surface area contributed by atoms with Crippen LogP contribution in [0.15, 0.2) is 0 Å². The van der Waals surface area contributed by atoms with E-state index in [2.05, 4.69) is 0 Å². The predicted octanol–water partition coefficient (Wildman–Crippen LogP) is -1.59. The summed E-state index contributed by atoms with van der Waals surface area (Å²) in [5, 5.41) is 0. The summed E-state index contributed by atoms with van der Waals surface area (Å²) >= 11 is 0. The van der Waals surface area contributed by atoms with E-state index in [1.807, 2.05) is 7.05 Å². The fourth-order valence-electron chi connectivity index (χ4n) is 3.04. The predicted molar refractivity (Wildman–Crippen MR) is 92.3 cm³/mol. The maximum atomic E-state index is 5.74. The molecule has 0 saturated heterocycles. The minimum absolute atomic E-state index is 0.282. The molecule has 0 aliphatic rings. The molecule has 2 unspecified atom stereocenters. The molecule has 0 bridgehead atoms. The second-order valence-corrected chi connectivity index (χ2v) is 6.54. The molecule has 0 spiro atoms. The van der Waals surface area contributed by atoms with Crippen molar-refractivity contribution in [3.8, 4) is 0 Å². The molecule has 0 aliphatic carbocycles. The summed E-state index contributed by atoms with van der Waals surface area (Å²) in [7, 11) is 13.3. The first-order chi connectivity index (χ1) is 10.4. The lowest BCUT2D eigenvalue weighted by molar-refractivity contribution is -0.437. The smallest absolute Gasteiger partial charge is 0.260 e. The summed E-state index contributed by atoms with van der Waals surface area (Å²) in [4.78, 5) is 1.78. The summed E-state index contributed by atoms with van der Waals surface area (Å²) in [6, 6.07) is 1.65. The first-order valence-corrected chi connectivity index (χ1v) is 10.3. The molecule has 0 heterocycles. The maximum absolute atomic E-state index is 5.74. The fraction of sp³-hybridized carbons (Fsp3) is 1.00. The van der Waals surface area contributed by atoms with Crippen molar-refractivity contribution in [2.75, 3.05) is 49.7 Å². The number of rotatable bonds is 12. The SMILES string of the molecule is COC(C[SiH3])C(OC)(OC)N(C)C(OC)(OC)C(C[SiH3])OC. The summed E-state index contributed by atoms with van der Waals surface area (Å²) < 4.78 is 34.2. The third kappa shape index (κ3) is 3.79. The molecule has 134 valence electrons. The summed E-state index contributed by atoms with van der Waals surface area (Å²) in [6.45, 7) is 0. The van der Waals surface area contributed by atoms with E-state index in [9.17, 15) is 0 Å². The Labute approximate surface area is 140 Å². The average molecular weight is 356 g/mol. The van der Waals surface area contributed by atoms with Crippen LogP contribution >= 0.6 is 0 Å². The van der Waals surface area contributed by atoms with Crippen LogP contribution in [-0.4, -0.2) is 99.1 Å². The highest BCUT2D eigenvalue weighted by atomic mass is 28.1. The third-order valence-electron chi connectivity index (χ3n) is 4.23. The monoisotopic (exact) mass is 355 g/mol. The van der Waals surface area contributed by atoms with Gasteiger partial charge in [0.05, 0.1) is 0 Å². The van der Waals surface area contributed by atoms with Crippen molar-refractivity contribution in [2.45, 2.75) is 36.1 Å². The van der Waals surface area contributed by atoms with Gasteiger partial charge in [-0.05, 0) is 19.1 Å². The lowest BCUT2D eigenvalue weighted by atomic mass is 10.1. The highest BCUT2D eigenvalue weighted by molar-refractivity contribution is 6.09. The molecule has 0 aromatic heterocycles. The number of methoxy groups -OCH3 is 6. The first-order valence-electron chi connectivity index (χ1n) is 7.44. The van der Waals surface area contributed by atoms with Crippen LogP contribution in [0.1, 0.15) is 0 Å². The molecule has 22 heavy (non-hydrogen) atoms. The second-order valence-electron chi connectivity index (χ2n) is 4.90. The Morgan fingerprint density at radius 1 is 0.727 bits per heavy atom. The van der Waals surface area contributed by atoms with Crippen molar-refractivity contribution in [2.24, 2.45) is 0 Å². The van der Waals surface area contributed by atoms with Gasteiger partial charge >= 0.3 is 0 Å². The molecule has 0 rings (SSSR count). The van der Waals surface area contributed by atoms with Crippen LogP contribution in [0.3, 0.4) is 0 Å². The number of hydrogen-bond donors (Lipinski definition) is 0. The van der Waals surface area contributed by atoms with Gasteiger partial charge < -0.3 is 28.4 Å². The molecule has 0 aromatic rings. The molecule has 7 nitrogen and oxygen atoms in total. The molecule has 0 amide bonds. The lowest BCUT2D eigenvalue weighted by Crippen LogP contribution is -2.71. The molecular weight excluding hydrogens is 322 g/mol. The fourth-order valence-corrected chi connectivity index (χ4v) is 4.73. The van der Waals surface area contributed by atoms with Crippen LogP contribution in [0, 0.1) is 0 Å². The zero-order chi connectivity index (χ0) is 17.4. The minimum Gasteiger partial charge on any atom is -0.375 e. The van der Waals surface area contributed by atoms with Crippen molar-refractivity contribution in [3.05, 3.63) is 0 Å². The number of hydrogen-bond acceptors (Lipinski definition) is 7. The molecule has 0 fully saturated rings. The molecule has 0 N–H and O–H groups in total. The number of likely N-dealkylation sites (N-methyl/N-ethyl adjacent to an activating group) is 1. The van der Waals surface area contributed by atoms with E-state index in [4.69, 9.17) is 28.4 Å². The lowest BCUT2D eigenvalue weighted by Gasteiger charge is -2.52. The second kappa shape index (κ2) is 10.1. The van der Waals surface area contributed by atoms with Crippen molar-refractivity contribution in [1.82, 2.24) is 4.90 Å². The Hall–Kier alpha value is 0.154. The Morgan fingerprint density at radius 2 is 1.00 bits per heavy atom. The van der Waals surface area contributed by atoms with E-state index in [0.717, 1.165) is 32.6 Å². The van der Waals surface area contributed by atoms with Gasteiger partial charge in [0.2, 0.25) is 0 Å². The van der Waals surface area contributed by atoms with Crippen LogP contribution in [0.4, 0.5) is 0 Å². The van der Waals surface area contributed by atoms with Gasteiger partial charge in [0.15, 0.2) is 0 Å². The van der Waals surface area contributed by atoms with Crippen LogP contribution in [0.25, 0.3) is 0 Å². The number of nitrogens with zero attached hydrogens (tertiary/aromatic N) is 1. The highest BCUT2D eigenvalue weighted by Crippen LogP contribution is 2.35. The van der Waals surface area contributed by atoms with E-state index in [0.29, 0.717) is 0 Å². The summed E-state index contributed by atoms with van der Waals surface area (Å²) in [6.07, 6.45) is -0.564. The maximum Gasteiger partial charge on any atom is 0.260 e. The topological polar surface area (TPSA) is 58.6 Å². The van der Waals surface area contributed by atoms with E-state index in [1.165, 1.54) is 0 Å². The van der Waals surface area contributed by atoms with Crippen molar-refractivity contribution >= 4 is 20.5 Å². The van der Waals surface area contributed by atoms with Crippen molar-refractivity contribution < 1.29 is 28.4 Å². The first kappa shape index (κ1) is 22.2. The quantitative estimate of drug-likeness (QED) is 0.309. The molecule has 2 atom stereocenters. The van der Waals surface area contributed by atoms with Crippen molar-refractivity contribution in [1.29, 1.82) is 0 Å². The van der Waals surface area contributed by atoms with Gasteiger partial charge in [-0.15, -0.1) is 0 Å². The standard InChI is InChI=1S/C13H33NO6Si2/c1-14(12(17-4,18-5)10(8-21)15-2)13(19-6,20-7)11(9-22)16-3/h10-11H,8-9H2,1-7,21-22H3. The van der Waals surface area contributed by atoms with E-state index in [1.54, 1.807) is 47.6 Å². The molecule has 0 radical (unpaired) electrons. The van der Waals surface area contributed by atoms with E-state index in [-0.39, 0.29) is 12.2 Å². The largest absolute Gasteiger partial charge is 0.375 e. The van der Waals surface area contributed by atoms with Gasteiger partial charge in [0.25, 0.3) is 11.8 Å². The van der Waals surface area contributed by atoms with E-state index < -0.39 is 11.8 Å². The average Bonchev–Trinajstić information content (AvgIpc) is 2.57. The van der Waals surface area contributed by atoms with Gasteiger partial charge in [-0.2, -0.15) is 4.90 Å². The van der Waals surface area contributed by atoms with Gasteiger partial charge in [0.1, 0.15) is 12.2 Å². The Morgan fingerprint density at radius 3 is 1.14 bits per heavy atom. The van der Waals surface area contributed by atoms with Gasteiger partial charge in [0, 0.05) is 63.1 Å².